The molecule has 8 nitrogen and oxygen atoms in total. The topological polar surface area (TPSA) is 72.8 Å². The fourth-order valence-electron chi connectivity index (χ4n) is 3.86. The maximum Gasteiger partial charge on any atom is 0.163 e. The fraction of sp³-hybridized carbons (Fsp3) is 0.238. The van der Waals surface area contributed by atoms with Crippen molar-refractivity contribution in [3.63, 3.8) is 0 Å². The van der Waals surface area contributed by atoms with Gasteiger partial charge in [-0.3, -0.25) is 0 Å². The number of nitrogens with one attached hydrogen (secondary N) is 3. The van der Waals surface area contributed by atoms with Gasteiger partial charge in [0.15, 0.2) is 6.17 Å². The van der Waals surface area contributed by atoms with Crippen LogP contribution in [-0.4, -0.2) is 45.3 Å². The number of hydrazine groups is 1. The van der Waals surface area contributed by atoms with E-state index in [0.29, 0.717) is 0 Å². The molecule has 148 valence electrons. The van der Waals surface area contributed by atoms with E-state index in [1.165, 1.54) is 5.57 Å². The van der Waals surface area contributed by atoms with Crippen LogP contribution in [0.25, 0.3) is 5.69 Å². The number of amidine groups is 1. The number of nitrogens with zero attached hydrogens (tertiary/aromatic N) is 5. The lowest BCUT2D eigenvalue weighted by Crippen LogP contribution is -2.46. The Balaban J connectivity index is 1.31. The van der Waals surface area contributed by atoms with Gasteiger partial charge in [0.2, 0.25) is 0 Å². The minimum atomic E-state index is -0.0440. The molecule has 1 unspecified atom stereocenters. The SMILES string of the molecule is Cc1cc(C)n(-c2ccc(NC3=NC=CN4C(C5=CN(C)NC5)=CNC34)cc2)n1. The number of aromatic nitrogens is 2. The third kappa shape index (κ3) is 3.17. The molecule has 3 aliphatic heterocycles. The highest BCUT2D eigenvalue weighted by atomic mass is 15.5. The molecule has 1 atom stereocenters. The van der Waals surface area contributed by atoms with E-state index in [4.69, 9.17) is 0 Å². The van der Waals surface area contributed by atoms with Gasteiger partial charge in [-0.25, -0.2) is 15.1 Å². The number of hydrogen-bond donors (Lipinski definition) is 3. The van der Waals surface area contributed by atoms with Crippen molar-refractivity contribution in [2.24, 2.45) is 4.99 Å². The molecule has 0 fully saturated rings. The van der Waals surface area contributed by atoms with Crippen molar-refractivity contribution >= 4 is 11.5 Å². The van der Waals surface area contributed by atoms with E-state index in [1.54, 1.807) is 0 Å². The van der Waals surface area contributed by atoms with Crippen LogP contribution < -0.4 is 16.1 Å². The van der Waals surface area contributed by atoms with Crippen molar-refractivity contribution in [3.05, 3.63) is 77.8 Å². The Morgan fingerprint density at radius 1 is 1.17 bits per heavy atom. The number of aryl methyl sites for hydroxylation is 2. The molecule has 0 radical (unpaired) electrons. The second kappa shape index (κ2) is 6.82. The fourth-order valence-corrected chi connectivity index (χ4v) is 3.86. The third-order valence-corrected chi connectivity index (χ3v) is 5.23. The molecule has 0 saturated heterocycles. The Bertz CT molecular complexity index is 1060. The normalized spacial score (nSPS) is 20.2. The Morgan fingerprint density at radius 3 is 2.69 bits per heavy atom. The molecule has 8 heteroatoms. The highest BCUT2D eigenvalue weighted by molar-refractivity contribution is 6.00. The summed E-state index contributed by atoms with van der Waals surface area (Å²) in [5, 5.41) is 13.4. The van der Waals surface area contributed by atoms with Gasteiger partial charge in [0.05, 0.1) is 17.1 Å². The van der Waals surface area contributed by atoms with Crippen molar-refractivity contribution in [2.45, 2.75) is 20.0 Å². The first-order chi connectivity index (χ1) is 14.1. The molecule has 29 heavy (non-hydrogen) atoms. The lowest BCUT2D eigenvalue weighted by atomic mass is 10.2. The minimum absolute atomic E-state index is 0.0440. The summed E-state index contributed by atoms with van der Waals surface area (Å²) in [6.07, 6.45) is 7.96. The van der Waals surface area contributed by atoms with Crippen LogP contribution in [0.4, 0.5) is 5.69 Å². The second-order valence-electron chi connectivity index (χ2n) is 7.43. The number of rotatable bonds is 3. The quantitative estimate of drug-likeness (QED) is 0.749. The van der Waals surface area contributed by atoms with Crippen LogP contribution in [-0.2, 0) is 0 Å². The summed E-state index contributed by atoms with van der Waals surface area (Å²) in [4.78, 5) is 6.77. The first kappa shape index (κ1) is 17.6. The summed E-state index contributed by atoms with van der Waals surface area (Å²) >= 11 is 0. The van der Waals surface area contributed by atoms with Crippen LogP contribution in [0.5, 0.6) is 0 Å². The van der Waals surface area contributed by atoms with Gasteiger partial charge in [-0.15, -0.1) is 0 Å². The molecular formula is C21H24N8. The zero-order chi connectivity index (χ0) is 20.0. The smallest absolute Gasteiger partial charge is 0.163 e. The first-order valence-electron chi connectivity index (χ1n) is 9.65. The van der Waals surface area contributed by atoms with E-state index in [-0.39, 0.29) is 6.17 Å². The zero-order valence-electron chi connectivity index (χ0n) is 16.7. The molecule has 0 aliphatic carbocycles. The van der Waals surface area contributed by atoms with Gasteiger partial charge < -0.3 is 20.5 Å². The molecule has 1 aromatic heterocycles. The van der Waals surface area contributed by atoms with Gasteiger partial charge in [-0.05, 0) is 44.2 Å². The zero-order valence-corrected chi connectivity index (χ0v) is 16.7. The van der Waals surface area contributed by atoms with Crippen molar-refractivity contribution in [3.8, 4) is 5.69 Å². The van der Waals surface area contributed by atoms with Crippen LogP contribution >= 0.6 is 0 Å². The lowest BCUT2D eigenvalue weighted by molar-refractivity contribution is 0.373. The molecule has 3 aliphatic rings. The van der Waals surface area contributed by atoms with E-state index in [0.717, 1.165) is 40.8 Å². The highest BCUT2D eigenvalue weighted by Crippen LogP contribution is 2.27. The summed E-state index contributed by atoms with van der Waals surface area (Å²) in [6, 6.07) is 10.3. The maximum absolute atomic E-state index is 4.57. The molecule has 0 amide bonds. The maximum atomic E-state index is 4.57. The van der Waals surface area contributed by atoms with Crippen LogP contribution in [0.3, 0.4) is 0 Å². The van der Waals surface area contributed by atoms with Crippen molar-refractivity contribution < 1.29 is 0 Å². The summed E-state index contributed by atoms with van der Waals surface area (Å²) < 4.78 is 1.96. The van der Waals surface area contributed by atoms with E-state index in [2.05, 4.69) is 80.7 Å². The Hall–Kier alpha value is -3.52. The molecule has 0 saturated carbocycles. The standard InChI is InChI=1S/C21H24N8/c1-14-10-15(2)29(26-14)18-6-4-17(5-7-18)25-20-21-23-12-19(28(21)9-8-22-20)16-11-24-27(3)13-16/h4-10,12-13,21,23-24H,11H2,1-3H3,(H,22,25). The van der Waals surface area contributed by atoms with E-state index in [1.807, 2.05) is 36.1 Å². The van der Waals surface area contributed by atoms with Gasteiger partial charge in [-0.2, -0.15) is 5.10 Å². The van der Waals surface area contributed by atoms with Gasteiger partial charge >= 0.3 is 0 Å². The van der Waals surface area contributed by atoms with E-state index < -0.39 is 0 Å². The Labute approximate surface area is 169 Å². The largest absolute Gasteiger partial charge is 0.363 e. The van der Waals surface area contributed by atoms with Crippen LogP contribution in [0.15, 0.2) is 71.4 Å². The number of aliphatic imine (C=N–C) groups is 1. The Morgan fingerprint density at radius 2 is 2.00 bits per heavy atom. The molecule has 5 rings (SSSR count). The van der Waals surface area contributed by atoms with Gasteiger partial charge in [-0.1, -0.05) is 0 Å². The number of benzene rings is 1. The minimum Gasteiger partial charge on any atom is -0.363 e. The van der Waals surface area contributed by atoms with Crippen LogP contribution in [0, 0.1) is 13.8 Å². The third-order valence-electron chi connectivity index (χ3n) is 5.23. The molecule has 1 aromatic carbocycles. The molecule has 3 N–H and O–H groups in total. The summed E-state index contributed by atoms with van der Waals surface area (Å²) in [5.74, 6) is 0.859. The molecule has 2 aromatic rings. The van der Waals surface area contributed by atoms with Gasteiger partial charge in [0, 0.05) is 55.3 Å². The number of hydrogen-bond acceptors (Lipinski definition) is 7. The Kier molecular flexibility index (Phi) is 4.13. The van der Waals surface area contributed by atoms with Crippen molar-refractivity contribution in [1.82, 2.24) is 30.4 Å². The summed E-state index contributed by atoms with van der Waals surface area (Å²) in [7, 11) is 2.00. The number of fused-ring (bicyclic) bond motifs is 1. The van der Waals surface area contributed by atoms with Crippen molar-refractivity contribution in [1.29, 1.82) is 0 Å². The first-order valence-corrected chi connectivity index (χ1v) is 9.65. The van der Waals surface area contributed by atoms with E-state index in [9.17, 15) is 0 Å². The van der Waals surface area contributed by atoms with Crippen LogP contribution in [0.1, 0.15) is 11.4 Å². The average molecular weight is 388 g/mol. The monoisotopic (exact) mass is 388 g/mol. The van der Waals surface area contributed by atoms with Crippen LogP contribution in [0.2, 0.25) is 0 Å². The molecule has 4 heterocycles. The second-order valence-corrected chi connectivity index (χ2v) is 7.43. The van der Waals surface area contributed by atoms with Crippen molar-refractivity contribution in [2.75, 3.05) is 18.9 Å². The molecule has 0 spiro atoms. The van der Waals surface area contributed by atoms with Gasteiger partial charge in [0.1, 0.15) is 5.84 Å². The van der Waals surface area contributed by atoms with Gasteiger partial charge in [0.25, 0.3) is 0 Å². The number of anilines is 1. The summed E-state index contributed by atoms with van der Waals surface area (Å²) in [6.45, 7) is 4.88. The predicted octanol–water partition coefficient (Wildman–Crippen LogP) is 2.19. The molecule has 0 bridgehead atoms. The lowest BCUT2D eigenvalue weighted by Gasteiger charge is -2.29. The molecular weight excluding hydrogens is 364 g/mol. The average Bonchev–Trinajstić information content (AvgIpc) is 3.41. The highest BCUT2D eigenvalue weighted by Gasteiger charge is 2.33. The van der Waals surface area contributed by atoms with E-state index >= 15 is 0 Å². The predicted molar refractivity (Wildman–Crippen MR) is 114 cm³/mol. The summed E-state index contributed by atoms with van der Waals surface area (Å²) in [5.41, 5.74) is 9.84.